The van der Waals surface area contributed by atoms with Crippen molar-refractivity contribution < 1.29 is 0 Å². The molecule has 0 atom stereocenters. The summed E-state index contributed by atoms with van der Waals surface area (Å²) in [5.74, 6) is 0.564. The molecule has 2 N–H and O–H groups in total. The molecule has 0 unspecified atom stereocenters. The van der Waals surface area contributed by atoms with Crippen molar-refractivity contribution in [2.75, 3.05) is 17.2 Å². The van der Waals surface area contributed by atoms with Gasteiger partial charge >= 0.3 is 0 Å². The average Bonchev–Trinajstić information content (AvgIpc) is 2.88. The topological polar surface area (TPSA) is 55.0 Å². The summed E-state index contributed by atoms with van der Waals surface area (Å²) >= 11 is 1.38. The molecule has 0 spiro atoms. The minimum Gasteiger partial charge on any atom is -0.381 e. The smallest absolute Gasteiger partial charge is 0.163 e. The Morgan fingerprint density at radius 1 is 1.38 bits per heavy atom. The minimum atomic E-state index is 0.564. The number of nitrogen functional groups attached to an aromatic ring is 1. The second-order valence-electron chi connectivity index (χ2n) is 3.88. The van der Waals surface area contributed by atoms with E-state index < -0.39 is 0 Å². The van der Waals surface area contributed by atoms with Crippen molar-refractivity contribution in [1.82, 2.24) is 9.59 Å². The van der Waals surface area contributed by atoms with Crippen LogP contribution in [0.3, 0.4) is 0 Å². The van der Waals surface area contributed by atoms with E-state index >= 15 is 0 Å². The van der Waals surface area contributed by atoms with Crippen LogP contribution in [0, 0.1) is 0 Å². The lowest BCUT2D eigenvalue weighted by Crippen LogP contribution is -2.19. The van der Waals surface area contributed by atoms with Gasteiger partial charge in [-0.25, -0.2) is 0 Å². The molecule has 4 nitrogen and oxygen atoms in total. The van der Waals surface area contributed by atoms with Gasteiger partial charge in [0.1, 0.15) is 0 Å². The molecule has 0 bridgehead atoms. The summed E-state index contributed by atoms with van der Waals surface area (Å²) in [5.41, 5.74) is 8.48. The summed E-state index contributed by atoms with van der Waals surface area (Å²) in [6.07, 6.45) is 1.11. The van der Waals surface area contributed by atoms with Gasteiger partial charge in [0.15, 0.2) is 5.82 Å². The highest BCUT2D eigenvalue weighted by Gasteiger charge is 2.19. The maximum Gasteiger partial charge on any atom is 0.163 e. The highest BCUT2D eigenvalue weighted by atomic mass is 32.1. The molecule has 2 aromatic rings. The molecule has 5 heteroatoms. The molecule has 3 rings (SSSR count). The van der Waals surface area contributed by atoms with Gasteiger partial charge in [0.25, 0.3) is 0 Å². The number of benzene rings is 1. The molecule has 16 heavy (non-hydrogen) atoms. The van der Waals surface area contributed by atoms with E-state index in [1.807, 2.05) is 0 Å². The predicted octanol–water partition coefficient (Wildman–Crippen LogP) is 1.68. The van der Waals surface area contributed by atoms with Crippen LogP contribution in [0.1, 0.15) is 10.4 Å². The number of anilines is 2. The lowest BCUT2D eigenvalue weighted by atomic mass is 10.2. The molecule has 0 aliphatic carbocycles. The lowest BCUT2D eigenvalue weighted by molar-refractivity contribution is 0.846. The maximum absolute atomic E-state index is 5.75. The fraction of sp³-hybridized carbons (Fsp3) is 0.273. The highest BCUT2D eigenvalue weighted by Crippen LogP contribution is 2.30. The van der Waals surface area contributed by atoms with Crippen LogP contribution in [0.4, 0.5) is 11.5 Å². The Hall–Kier alpha value is -1.62. The van der Waals surface area contributed by atoms with E-state index in [1.165, 1.54) is 22.8 Å². The van der Waals surface area contributed by atoms with Gasteiger partial charge in [-0.1, -0.05) is 22.7 Å². The third-order valence-electron chi connectivity index (χ3n) is 2.90. The van der Waals surface area contributed by atoms with Gasteiger partial charge in [-0.2, -0.15) is 0 Å². The number of hydrogen-bond donors (Lipinski definition) is 1. The predicted molar refractivity (Wildman–Crippen MR) is 65.5 cm³/mol. The summed E-state index contributed by atoms with van der Waals surface area (Å²) in [7, 11) is 0. The van der Waals surface area contributed by atoms with Gasteiger partial charge in [0, 0.05) is 12.2 Å². The van der Waals surface area contributed by atoms with Crippen molar-refractivity contribution in [3.63, 3.8) is 0 Å². The Morgan fingerprint density at radius 3 is 3.06 bits per heavy atom. The van der Waals surface area contributed by atoms with Crippen LogP contribution in [0.25, 0.3) is 0 Å². The Labute approximate surface area is 97.9 Å². The zero-order valence-electron chi connectivity index (χ0n) is 8.76. The second-order valence-corrected chi connectivity index (χ2v) is 4.72. The molecule has 1 aliphatic heterocycles. The summed E-state index contributed by atoms with van der Waals surface area (Å²) in [6.45, 7) is 1.87. The summed E-state index contributed by atoms with van der Waals surface area (Å²) in [6, 6.07) is 8.51. The van der Waals surface area contributed by atoms with Crippen LogP contribution < -0.4 is 10.6 Å². The molecular formula is C11H12N4S. The normalized spacial score (nSPS) is 14.1. The number of fused-ring (bicyclic) bond motifs is 1. The number of nitrogens with two attached hydrogens (primary N) is 1. The summed E-state index contributed by atoms with van der Waals surface area (Å²) in [5, 5.41) is 3.83. The highest BCUT2D eigenvalue weighted by molar-refractivity contribution is 7.06. The molecule has 1 aliphatic rings. The monoisotopic (exact) mass is 232 g/mol. The second kappa shape index (κ2) is 3.75. The van der Waals surface area contributed by atoms with Crippen molar-refractivity contribution in [3.05, 3.63) is 34.7 Å². The number of para-hydroxylation sites is 1. The van der Waals surface area contributed by atoms with E-state index in [4.69, 9.17) is 5.73 Å². The summed E-state index contributed by atoms with van der Waals surface area (Å²) in [4.78, 5) is 3.39. The van der Waals surface area contributed by atoms with Gasteiger partial charge in [-0.3, -0.25) is 0 Å². The summed E-state index contributed by atoms with van der Waals surface area (Å²) < 4.78 is 3.86. The molecular weight excluding hydrogens is 220 g/mol. The molecule has 0 saturated carbocycles. The van der Waals surface area contributed by atoms with E-state index in [1.54, 1.807) is 0 Å². The fourth-order valence-electron chi connectivity index (χ4n) is 2.07. The standard InChI is InChI=1S/C11H12N4S/c12-11-10(16-14-13-11)7-15-6-5-8-3-1-2-4-9(8)15/h1-4H,5-7,12H2. The Morgan fingerprint density at radius 2 is 2.25 bits per heavy atom. The van der Waals surface area contributed by atoms with Crippen LogP contribution >= 0.6 is 11.5 Å². The first-order valence-electron chi connectivity index (χ1n) is 5.24. The molecule has 0 radical (unpaired) electrons. The van der Waals surface area contributed by atoms with Crippen molar-refractivity contribution in [2.24, 2.45) is 0 Å². The Bertz CT molecular complexity index is 508. The SMILES string of the molecule is Nc1nnsc1CN1CCc2ccccc21. The molecule has 1 aromatic carbocycles. The fourth-order valence-corrected chi connectivity index (χ4v) is 2.65. The van der Waals surface area contributed by atoms with Crippen molar-refractivity contribution in [1.29, 1.82) is 0 Å². The van der Waals surface area contributed by atoms with Gasteiger partial charge in [-0.05, 0) is 29.6 Å². The quantitative estimate of drug-likeness (QED) is 0.856. The average molecular weight is 232 g/mol. The van der Waals surface area contributed by atoms with Gasteiger partial charge in [-0.15, -0.1) is 5.10 Å². The van der Waals surface area contributed by atoms with E-state index in [9.17, 15) is 0 Å². The molecule has 1 aromatic heterocycles. The van der Waals surface area contributed by atoms with E-state index in [0.717, 1.165) is 24.4 Å². The Balaban J connectivity index is 1.86. The van der Waals surface area contributed by atoms with Gasteiger partial charge in [0.2, 0.25) is 0 Å². The zero-order valence-corrected chi connectivity index (χ0v) is 9.57. The molecule has 0 saturated heterocycles. The third kappa shape index (κ3) is 1.53. The zero-order chi connectivity index (χ0) is 11.0. The first-order chi connectivity index (χ1) is 7.84. The van der Waals surface area contributed by atoms with Crippen LogP contribution in [-0.4, -0.2) is 16.1 Å². The molecule has 2 heterocycles. The van der Waals surface area contributed by atoms with Crippen LogP contribution in [0.15, 0.2) is 24.3 Å². The number of rotatable bonds is 2. The largest absolute Gasteiger partial charge is 0.381 e. The van der Waals surface area contributed by atoms with E-state index in [2.05, 4.69) is 38.8 Å². The molecule has 82 valence electrons. The Kier molecular flexibility index (Phi) is 2.25. The first kappa shape index (κ1) is 9.59. The van der Waals surface area contributed by atoms with Crippen molar-refractivity contribution in [2.45, 2.75) is 13.0 Å². The number of hydrogen-bond acceptors (Lipinski definition) is 5. The van der Waals surface area contributed by atoms with Crippen molar-refractivity contribution >= 4 is 23.0 Å². The van der Waals surface area contributed by atoms with Crippen LogP contribution in [0.2, 0.25) is 0 Å². The lowest BCUT2D eigenvalue weighted by Gasteiger charge is -2.17. The number of nitrogens with zero attached hydrogens (tertiary/aromatic N) is 3. The van der Waals surface area contributed by atoms with Crippen molar-refractivity contribution in [3.8, 4) is 0 Å². The number of aromatic nitrogens is 2. The first-order valence-corrected chi connectivity index (χ1v) is 6.01. The minimum absolute atomic E-state index is 0.564. The van der Waals surface area contributed by atoms with Gasteiger partial charge in [0.05, 0.1) is 11.4 Å². The molecule has 0 fully saturated rings. The van der Waals surface area contributed by atoms with E-state index in [0.29, 0.717) is 5.82 Å². The third-order valence-corrected chi connectivity index (χ3v) is 3.63. The maximum atomic E-state index is 5.75. The molecule has 0 amide bonds. The van der Waals surface area contributed by atoms with Crippen LogP contribution in [0.5, 0.6) is 0 Å². The van der Waals surface area contributed by atoms with Crippen LogP contribution in [-0.2, 0) is 13.0 Å². The van der Waals surface area contributed by atoms with E-state index in [-0.39, 0.29) is 0 Å². The van der Waals surface area contributed by atoms with Gasteiger partial charge < -0.3 is 10.6 Å².